The van der Waals surface area contributed by atoms with Gasteiger partial charge >= 0.3 is 0 Å². The van der Waals surface area contributed by atoms with Crippen LogP contribution in [0.25, 0.3) is 0 Å². The van der Waals surface area contributed by atoms with Gasteiger partial charge in [-0.1, -0.05) is 23.2 Å². The fourth-order valence-electron chi connectivity index (χ4n) is 1.72. The van der Waals surface area contributed by atoms with E-state index in [1.165, 1.54) is 17.2 Å². The molecule has 0 atom stereocenters. The van der Waals surface area contributed by atoms with Crippen LogP contribution in [0.3, 0.4) is 0 Å². The molecule has 6 nitrogen and oxygen atoms in total. The molecule has 0 unspecified atom stereocenters. The first-order valence-corrected chi connectivity index (χ1v) is 7.61. The van der Waals surface area contributed by atoms with Crippen molar-refractivity contribution in [2.45, 2.75) is 6.61 Å². The summed E-state index contributed by atoms with van der Waals surface area (Å²) >= 11 is 16.9. The van der Waals surface area contributed by atoms with Gasteiger partial charge in [0.25, 0.3) is 0 Å². The second-order valence-corrected chi connectivity index (χ2v) is 5.65. The molecule has 0 aliphatic heterocycles. The molecule has 0 fully saturated rings. The standard InChI is InChI=1S/C14H10Cl2N4O2S/c15-9-1-4-12(16)13(5-9)21-7-11-3-2-10(22-11)6-18-20-8-17-19-14(20)23/h1-6,8H,7H2,(H,19,23). The lowest BCUT2D eigenvalue weighted by Crippen LogP contribution is -1.94. The second kappa shape index (κ2) is 6.99. The zero-order valence-electron chi connectivity index (χ0n) is 11.6. The third kappa shape index (κ3) is 4.01. The van der Waals surface area contributed by atoms with Crippen molar-refractivity contribution >= 4 is 41.6 Å². The van der Waals surface area contributed by atoms with Gasteiger partial charge in [0.15, 0.2) is 0 Å². The Kier molecular flexibility index (Phi) is 4.80. The van der Waals surface area contributed by atoms with E-state index in [-0.39, 0.29) is 6.61 Å². The Morgan fingerprint density at radius 2 is 2.22 bits per heavy atom. The Labute approximate surface area is 146 Å². The van der Waals surface area contributed by atoms with Crippen molar-refractivity contribution in [3.05, 3.63) is 63.0 Å². The quantitative estimate of drug-likeness (QED) is 0.538. The molecule has 0 saturated carbocycles. The molecule has 23 heavy (non-hydrogen) atoms. The molecular formula is C14H10Cl2N4O2S. The smallest absolute Gasteiger partial charge is 0.216 e. The lowest BCUT2D eigenvalue weighted by molar-refractivity contribution is 0.270. The highest BCUT2D eigenvalue weighted by Crippen LogP contribution is 2.28. The first kappa shape index (κ1) is 15.8. The van der Waals surface area contributed by atoms with Crippen molar-refractivity contribution in [3.8, 4) is 5.75 Å². The summed E-state index contributed by atoms with van der Waals surface area (Å²) in [4.78, 5) is 0. The normalized spacial score (nSPS) is 11.2. The van der Waals surface area contributed by atoms with E-state index in [0.29, 0.717) is 32.1 Å². The monoisotopic (exact) mass is 368 g/mol. The van der Waals surface area contributed by atoms with Gasteiger partial charge in [-0.05, 0) is 36.5 Å². The highest BCUT2D eigenvalue weighted by atomic mass is 35.5. The summed E-state index contributed by atoms with van der Waals surface area (Å²) < 4.78 is 13.0. The number of halogens is 2. The Morgan fingerprint density at radius 1 is 1.35 bits per heavy atom. The van der Waals surface area contributed by atoms with E-state index in [4.69, 9.17) is 44.6 Å². The lowest BCUT2D eigenvalue weighted by atomic mass is 10.3. The average molecular weight is 369 g/mol. The predicted octanol–water partition coefficient (Wildman–Crippen LogP) is 4.30. The maximum Gasteiger partial charge on any atom is 0.216 e. The molecule has 3 rings (SSSR count). The van der Waals surface area contributed by atoms with Gasteiger partial charge in [0, 0.05) is 11.1 Å². The maximum atomic E-state index is 6.03. The Morgan fingerprint density at radius 3 is 3.00 bits per heavy atom. The molecule has 0 radical (unpaired) electrons. The summed E-state index contributed by atoms with van der Waals surface area (Å²) in [6, 6.07) is 8.57. The molecule has 0 spiro atoms. The van der Waals surface area contributed by atoms with Crippen LogP contribution in [0.15, 0.2) is 46.2 Å². The van der Waals surface area contributed by atoms with E-state index >= 15 is 0 Å². The van der Waals surface area contributed by atoms with Crippen molar-refractivity contribution < 1.29 is 9.15 Å². The first-order chi connectivity index (χ1) is 11.1. The summed E-state index contributed by atoms with van der Waals surface area (Å²) in [5, 5.41) is 11.5. The number of hydrogen-bond acceptors (Lipinski definition) is 5. The van der Waals surface area contributed by atoms with Gasteiger partial charge in [-0.2, -0.15) is 14.9 Å². The Hall–Kier alpha value is -2.09. The van der Waals surface area contributed by atoms with E-state index in [2.05, 4.69) is 15.3 Å². The number of nitrogens with zero attached hydrogens (tertiary/aromatic N) is 3. The maximum absolute atomic E-state index is 6.03. The molecular weight excluding hydrogens is 359 g/mol. The zero-order valence-corrected chi connectivity index (χ0v) is 13.9. The minimum atomic E-state index is 0.221. The number of hydrogen-bond donors (Lipinski definition) is 1. The van der Waals surface area contributed by atoms with E-state index in [1.807, 2.05) is 0 Å². The van der Waals surface area contributed by atoms with Crippen LogP contribution in [0.5, 0.6) is 5.75 Å². The van der Waals surface area contributed by atoms with E-state index in [0.717, 1.165) is 0 Å². The highest BCUT2D eigenvalue weighted by molar-refractivity contribution is 7.71. The fraction of sp³-hybridized carbons (Fsp3) is 0.0714. The van der Waals surface area contributed by atoms with Crippen molar-refractivity contribution in [1.82, 2.24) is 14.9 Å². The van der Waals surface area contributed by atoms with Crippen LogP contribution in [0.1, 0.15) is 11.5 Å². The summed E-state index contributed by atoms with van der Waals surface area (Å²) in [5.41, 5.74) is 0. The second-order valence-electron chi connectivity index (χ2n) is 4.42. The van der Waals surface area contributed by atoms with Gasteiger partial charge in [-0.15, -0.1) is 0 Å². The fourth-order valence-corrected chi connectivity index (χ4v) is 2.20. The number of nitrogens with one attached hydrogen (secondary N) is 1. The third-order valence-electron chi connectivity index (χ3n) is 2.79. The number of H-pyrrole nitrogens is 1. The molecule has 1 N–H and O–H groups in total. The Bertz CT molecular complexity index is 900. The van der Waals surface area contributed by atoms with Crippen molar-refractivity contribution in [3.63, 3.8) is 0 Å². The lowest BCUT2D eigenvalue weighted by Gasteiger charge is -2.06. The molecule has 0 saturated heterocycles. The summed E-state index contributed by atoms with van der Waals surface area (Å²) in [6.45, 7) is 0.221. The Balaban J connectivity index is 1.65. The van der Waals surface area contributed by atoms with E-state index in [1.54, 1.807) is 30.3 Å². The van der Waals surface area contributed by atoms with Crippen LogP contribution < -0.4 is 4.74 Å². The number of rotatable bonds is 5. The van der Waals surface area contributed by atoms with Crippen LogP contribution in [-0.2, 0) is 6.61 Å². The highest BCUT2D eigenvalue weighted by Gasteiger charge is 2.06. The summed E-state index contributed by atoms with van der Waals surface area (Å²) in [5.74, 6) is 1.68. The minimum Gasteiger partial charge on any atom is -0.484 e. The third-order valence-corrected chi connectivity index (χ3v) is 3.62. The molecule has 9 heteroatoms. The molecule has 1 aromatic carbocycles. The zero-order chi connectivity index (χ0) is 16.2. The van der Waals surface area contributed by atoms with Crippen molar-refractivity contribution in [2.75, 3.05) is 0 Å². The van der Waals surface area contributed by atoms with Gasteiger partial charge in [-0.25, -0.2) is 0 Å². The van der Waals surface area contributed by atoms with E-state index in [9.17, 15) is 0 Å². The number of aromatic nitrogens is 3. The van der Waals surface area contributed by atoms with Crippen molar-refractivity contribution in [2.24, 2.45) is 5.10 Å². The average Bonchev–Trinajstić information content (AvgIpc) is 3.15. The minimum absolute atomic E-state index is 0.221. The van der Waals surface area contributed by atoms with Crippen LogP contribution in [0.4, 0.5) is 0 Å². The predicted molar refractivity (Wildman–Crippen MR) is 89.9 cm³/mol. The molecule has 2 heterocycles. The van der Waals surface area contributed by atoms with E-state index < -0.39 is 0 Å². The molecule has 0 amide bonds. The van der Waals surface area contributed by atoms with Gasteiger partial charge in [0.2, 0.25) is 4.77 Å². The molecule has 2 aromatic heterocycles. The number of benzene rings is 1. The van der Waals surface area contributed by atoms with Crippen LogP contribution in [-0.4, -0.2) is 21.1 Å². The topological polar surface area (TPSA) is 68.3 Å². The summed E-state index contributed by atoms with van der Waals surface area (Å²) in [7, 11) is 0. The van der Waals surface area contributed by atoms with Gasteiger partial charge in [-0.3, -0.25) is 5.10 Å². The molecule has 0 bridgehead atoms. The van der Waals surface area contributed by atoms with Gasteiger partial charge in [0.1, 0.15) is 30.2 Å². The number of furan rings is 1. The van der Waals surface area contributed by atoms with Crippen LogP contribution in [0, 0.1) is 4.77 Å². The van der Waals surface area contributed by atoms with Crippen LogP contribution >= 0.6 is 35.4 Å². The van der Waals surface area contributed by atoms with Gasteiger partial charge in [0.05, 0.1) is 11.2 Å². The molecule has 3 aromatic rings. The van der Waals surface area contributed by atoms with Gasteiger partial charge < -0.3 is 9.15 Å². The first-order valence-electron chi connectivity index (χ1n) is 6.45. The largest absolute Gasteiger partial charge is 0.484 e. The van der Waals surface area contributed by atoms with Crippen LogP contribution in [0.2, 0.25) is 10.0 Å². The number of ether oxygens (including phenoxy) is 1. The van der Waals surface area contributed by atoms with Crippen molar-refractivity contribution in [1.29, 1.82) is 0 Å². The SMILES string of the molecule is S=c1[nH]ncn1N=Cc1ccc(COc2cc(Cl)ccc2Cl)o1. The number of aromatic amines is 1. The molecule has 0 aliphatic rings. The summed E-state index contributed by atoms with van der Waals surface area (Å²) in [6.07, 6.45) is 2.99. The molecule has 0 aliphatic carbocycles. The molecule has 118 valence electrons.